The molecule has 0 spiro atoms. The Balaban J connectivity index is 2.01. The van der Waals surface area contributed by atoms with Gasteiger partial charge in [0, 0.05) is 25.7 Å². The number of carbonyl (C=O) groups excluding carboxylic acids is 1. The van der Waals surface area contributed by atoms with Crippen molar-refractivity contribution in [2.45, 2.75) is 19.3 Å². The van der Waals surface area contributed by atoms with E-state index in [2.05, 4.69) is 17.4 Å². The van der Waals surface area contributed by atoms with Crippen LogP contribution in [0.4, 0.5) is 5.69 Å². The molecule has 0 saturated carbocycles. The maximum absolute atomic E-state index is 11.6. The van der Waals surface area contributed by atoms with Crippen LogP contribution in [-0.4, -0.2) is 37.8 Å². The Bertz CT molecular complexity index is 432. The molecule has 4 heteroatoms. The summed E-state index contributed by atoms with van der Waals surface area (Å²) in [5, 5.41) is 11.8. The first-order chi connectivity index (χ1) is 8.72. The number of aryl methyl sites for hydroxylation is 1. The Morgan fingerprint density at radius 3 is 2.94 bits per heavy atom. The highest BCUT2D eigenvalue weighted by Gasteiger charge is 2.20. The van der Waals surface area contributed by atoms with Crippen molar-refractivity contribution in [3.8, 4) is 0 Å². The average molecular weight is 248 g/mol. The number of nitrogens with one attached hydrogen (secondary N) is 1. The second-order valence-corrected chi connectivity index (χ2v) is 4.64. The number of amides is 1. The van der Waals surface area contributed by atoms with Crippen LogP contribution >= 0.6 is 0 Å². The Labute approximate surface area is 108 Å². The molecular formula is C14H20N2O2. The normalized spacial score (nSPS) is 14.8. The van der Waals surface area contributed by atoms with Gasteiger partial charge in [0.1, 0.15) is 0 Å². The van der Waals surface area contributed by atoms with E-state index in [4.69, 9.17) is 5.11 Å². The average Bonchev–Trinajstić information content (AvgIpc) is 2.39. The van der Waals surface area contributed by atoms with Crippen molar-refractivity contribution in [1.82, 2.24) is 5.32 Å². The summed E-state index contributed by atoms with van der Waals surface area (Å²) in [5.74, 6) is 0.194. The van der Waals surface area contributed by atoms with Gasteiger partial charge in [-0.3, -0.25) is 4.79 Å². The van der Waals surface area contributed by atoms with Crippen LogP contribution < -0.4 is 10.2 Å². The largest absolute Gasteiger partial charge is 0.395 e. The molecule has 0 bridgehead atoms. The molecule has 1 aliphatic heterocycles. The molecule has 1 aliphatic rings. The number of carbonyl (C=O) groups is 1. The summed E-state index contributed by atoms with van der Waals surface area (Å²) >= 11 is 0. The van der Waals surface area contributed by atoms with E-state index in [1.807, 2.05) is 13.1 Å². The van der Waals surface area contributed by atoms with Gasteiger partial charge in [-0.25, -0.2) is 0 Å². The summed E-state index contributed by atoms with van der Waals surface area (Å²) in [6.07, 6.45) is 2.40. The molecule has 4 nitrogen and oxygen atoms in total. The van der Waals surface area contributed by atoms with Crippen LogP contribution in [0, 0.1) is 0 Å². The molecule has 0 aliphatic carbocycles. The molecule has 1 aromatic carbocycles. The van der Waals surface area contributed by atoms with Crippen LogP contribution in [0.15, 0.2) is 18.2 Å². The highest BCUT2D eigenvalue weighted by atomic mass is 16.3. The third-order valence-electron chi connectivity index (χ3n) is 3.37. The minimum absolute atomic E-state index is 0.178. The zero-order valence-electron chi connectivity index (χ0n) is 10.8. The molecular weight excluding hydrogens is 228 g/mol. The first-order valence-electron chi connectivity index (χ1n) is 6.42. The summed E-state index contributed by atoms with van der Waals surface area (Å²) in [6.45, 7) is 1.69. The number of fused-ring (bicyclic) bond motifs is 1. The fourth-order valence-corrected chi connectivity index (χ4v) is 2.30. The van der Waals surface area contributed by atoms with Gasteiger partial charge in [0.2, 0.25) is 5.91 Å². The minimum Gasteiger partial charge on any atom is -0.395 e. The first kappa shape index (κ1) is 13.1. The highest BCUT2D eigenvalue weighted by Crippen LogP contribution is 2.27. The van der Waals surface area contributed by atoms with Gasteiger partial charge in [-0.15, -0.1) is 0 Å². The molecule has 0 saturated heterocycles. The third-order valence-corrected chi connectivity index (χ3v) is 3.37. The van der Waals surface area contributed by atoms with E-state index < -0.39 is 0 Å². The molecule has 2 rings (SSSR count). The molecule has 1 aromatic rings. The van der Waals surface area contributed by atoms with Crippen LogP contribution in [0.3, 0.4) is 0 Å². The molecule has 0 unspecified atom stereocenters. The molecule has 18 heavy (non-hydrogen) atoms. The van der Waals surface area contributed by atoms with Crippen molar-refractivity contribution in [2.75, 3.05) is 31.6 Å². The van der Waals surface area contributed by atoms with Gasteiger partial charge in [-0.2, -0.15) is 0 Å². The van der Waals surface area contributed by atoms with Crippen LogP contribution in [0.1, 0.15) is 17.5 Å². The lowest BCUT2D eigenvalue weighted by atomic mass is 9.98. The maximum Gasteiger partial charge on any atom is 0.227 e. The fourth-order valence-electron chi connectivity index (χ4n) is 2.30. The van der Waals surface area contributed by atoms with Gasteiger partial charge in [0.25, 0.3) is 0 Å². The minimum atomic E-state index is 0.178. The van der Waals surface area contributed by atoms with E-state index in [1.165, 1.54) is 11.1 Å². The van der Waals surface area contributed by atoms with E-state index in [9.17, 15) is 4.79 Å². The highest BCUT2D eigenvalue weighted by molar-refractivity contribution is 5.95. The van der Waals surface area contributed by atoms with Crippen molar-refractivity contribution in [1.29, 1.82) is 0 Å². The lowest BCUT2D eigenvalue weighted by molar-refractivity contribution is -0.118. The molecule has 1 heterocycles. The van der Waals surface area contributed by atoms with Gasteiger partial charge < -0.3 is 15.3 Å². The van der Waals surface area contributed by atoms with Crippen LogP contribution in [0.2, 0.25) is 0 Å². The van der Waals surface area contributed by atoms with E-state index in [1.54, 1.807) is 4.90 Å². The van der Waals surface area contributed by atoms with E-state index in [0.29, 0.717) is 13.0 Å². The zero-order valence-corrected chi connectivity index (χ0v) is 10.8. The van der Waals surface area contributed by atoms with Crippen molar-refractivity contribution < 1.29 is 9.90 Å². The summed E-state index contributed by atoms with van der Waals surface area (Å²) in [5.41, 5.74) is 3.58. The van der Waals surface area contributed by atoms with Crippen LogP contribution in [0.5, 0.6) is 0 Å². The Hall–Kier alpha value is -1.39. The topological polar surface area (TPSA) is 52.6 Å². The standard InChI is InChI=1S/C14H20N2O2/c1-16-13-4-2-11(6-7-15-8-9-17)10-12(13)3-5-14(16)18/h2,4,10,15,17H,3,5-9H2,1H3. The monoisotopic (exact) mass is 248 g/mol. The molecule has 2 N–H and O–H groups in total. The van der Waals surface area contributed by atoms with Crippen molar-refractivity contribution in [3.05, 3.63) is 29.3 Å². The van der Waals surface area contributed by atoms with Crippen molar-refractivity contribution in [2.24, 2.45) is 0 Å². The van der Waals surface area contributed by atoms with Gasteiger partial charge >= 0.3 is 0 Å². The number of aliphatic hydroxyl groups is 1. The number of nitrogens with zero attached hydrogens (tertiary/aromatic N) is 1. The number of aliphatic hydroxyl groups excluding tert-OH is 1. The number of rotatable bonds is 5. The van der Waals surface area contributed by atoms with Gasteiger partial charge in [-0.05, 0) is 36.6 Å². The fraction of sp³-hybridized carbons (Fsp3) is 0.500. The lowest BCUT2D eigenvalue weighted by Gasteiger charge is -2.26. The summed E-state index contributed by atoms with van der Waals surface area (Å²) in [6, 6.07) is 6.31. The van der Waals surface area contributed by atoms with Gasteiger partial charge in [0.05, 0.1) is 6.61 Å². The summed E-state index contributed by atoms with van der Waals surface area (Å²) < 4.78 is 0. The second kappa shape index (κ2) is 5.98. The van der Waals surface area contributed by atoms with Crippen LogP contribution in [0.25, 0.3) is 0 Å². The Morgan fingerprint density at radius 2 is 2.17 bits per heavy atom. The number of hydrogen-bond donors (Lipinski definition) is 2. The maximum atomic E-state index is 11.6. The predicted molar refractivity (Wildman–Crippen MR) is 71.8 cm³/mol. The van der Waals surface area contributed by atoms with Crippen LogP contribution in [-0.2, 0) is 17.6 Å². The lowest BCUT2D eigenvalue weighted by Crippen LogP contribution is -2.31. The van der Waals surface area contributed by atoms with E-state index in [0.717, 1.165) is 25.1 Å². The van der Waals surface area contributed by atoms with Crippen molar-refractivity contribution >= 4 is 11.6 Å². The van der Waals surface area contributed by atoms with Gasteiger partial charge in [-0.1, -0.05) is 12.1 Å². The number of hydrogen-bond acceptors (Lipinski definition) is 3. The Kier molecular flexibility index (Phi) is 4.33. The van der Waals surface area contributed by atoms with E-state index >= 15 is 0 Å². The quantitative estimate of drug-likeness (QED) is 0.755. The summed E-state index contributed by atoms with van der Waals surface area (Å²) in [4.78, 5) is 13.3. The predicted octanol–water partition coefficient (Wildman–Crippen LogP) is 0.720. The molecule has 0 atom stereocenters. The molecule has 0 radical (unpaired) electrons. The van der Waals surface area contributed by atoms with Gasteiger partial charge in [0.15, 0.2) is 0 Å². The Morgan fingerprint density at radius 1 is 1.33 bits per heavy atom. The smallest absolute Gasteiger partial charge is 0.227 e. The number of anilines is 1. The second-order valence-electron chi connectivity index (χ2n) is 4.64. The molecule has 98 valence electrons. The zero-order chi connectivity index (χ0) is 13.0. The SMILES string of the molecule is CN1C(=O)CCc2cc(CCNCCO)ccc21. The third kappa shape index (κ3) is 2.89. The summed E-state index contributed by atoms with van der Waals surface area (Å²) in [7, 11) is 1.84. The number of benzene rings is 1. The first-order valence-corrected chi connectivity index (χ1v) is 6.42. The molecule has 0 fully saturated rings. The molecule has 0 aromatic heterocycles. The molecule has 1 amide bonds. The van der Waals surface area contributed by atoms with E-state index in [-0.39, 0.29) is 12.5 Å². The van der Waals surface area contributed by atoms with Crippen molar-refractivity contribution in [3.63, 3.8) is 0 Å².